The van der Waals surface area contributed by atoms with Crippen molar-refractivity contribution >= 4 is 48.4 Å². The first-order valence-electron chi connectivity index (χ1n) is 8.88. The Morgan fingerprint density at radius 2 is 1.60 bits per heavy atom. The Kier molecular flexibility index (Phi) is 5.41. The molecule has 0 saturated heterocycles. The Bertz CT molecular complexity index is 1300. The summed E-state index contributed by atoms with van der Waals surface area (Å²) in [6, 6.07) is 5.63. The van der Waals surface area contributed by atoms with Gasteiger partial charge in [0.1, 0.15) is 0 Å². The summed E-state index contributed by atoms with van der Waals surface area (Å²) in [6.07, 6.45) is 8.92. The molecule has 1 atom stereocenters. The zero-order chi connectivity index (χ0) is 21.7. The normalized spacial score (nSPS) is 17.3. The molecule has 0 heterocycles. The Balaban J connectivity index is 1.69. The second kappa shape index (κ2) is 7.51. The quantitative estimate of drug-likeness (QED) is 0.517. The summed E-state index contributed by atoms with van der Waals surface area (Å²) >= 11 is 0. The zero-order valence-electron chi connectivity index (χ0n) is 15.5. The van der Waals surface area contributed by atoms with Gasteiger partial charge in [-0.25, -0.2) is 17.5 Å². The van der Waals surface area contributed by atoms with E-state index in [1.807, 2.05) is 24.3 Å². The molecular formula is C18H18O9P2S. The summed E-state index contributed by atoms with van der Waals surface area (Å²) in [6.45, 7) is -0.782. The largest absolute Gasteiger partial charge is 0.481 e. The molecule has 2 aliphatic rings. The van der Waals surface area contributed by atoms with Crippen molar-refractivity contribution in [1.82, 2.24) is 0 Å². The molecule has 0 aromatic heterocycles. The molecule has 30 heavy (non-hydrogen) atoms. The SMILES string of the molecule is O=P(O)(O)OP(=O)(O)OCCS(=O)(=O)c1cc2c3c(ccc4c3c1C=CC4)CC=C2. The molecule has 0 fully saturated rings. The lowest BCUT2D eigenvalue weighted by Crippen LogP contribution is -2.15. The van der Waals surface area contributed by atoms with Crippen LogP contribution in [-0.2, 0) is 40.6 Å². The van der Waals surface area contributed by atoms with Crippen LogP contribution in [0.1, 0.15) is 22.3 Å². The smallest absolute Gasteiger partial charge is 0.302 e. The maximum Gasteiger partial charge on any atom is 0.481 e. The summed E-state index contributed by atoms with van der Waals surface area (Å²) < 4.78 is 56.4. The predicted octanol–water partition coefficient (Wildman–Crippen LogP) is 2.98. The van der Waals surface area contributed by atoms with Gasteiger partial charge in [-0.15, -0.1) is 0 Å². The number of phosphoric ester groups is 1. The molecule has 0 saturated carbocycles. The molecular weight excluding hydrogens is 454 g/mol. The average Bonchev–Trinajstić information content (AvgIpc) is 2.63. The molecule has 160 valence electrons. The van der Waals surface area contributed by atoms with Crippen LogP contribution in [0.3, 0.4) is 0 Å². The van der Waals surface area contributed by atoms with Crippen molar-refractivity contribution in [2.24, 2.45) is 0 Å². The van der Waals surface area contributed by atoms with Gasteiger partial charge in [-0.05, 0) is 46.4 Å². The van der Waals surface area contributed by atoms with E-state index in [1.54, 1.807) is 12.1 Å². The van der Waals surface area contributed by atoms with Crippen LogP contribution in [0.5, 0.6) is 0 Å². The molecule has 2 aromatic carbocycles. The van der Waals surface area contributed by atoms with Crippen molar-refractivity contribution in [3.05, 3.63) is 52.6 Å². The zero-order valence-corrected chi connectivity index (χ0v) is 18.1. The highest BCUT2D eigenvalue weighted by Crippen LogP contribution is 2.57. The van der Waals surface area contributed by atoms with Gasteiger partial charge in [0.25, 0.3) is 0 Å². The van der Waals surface area contributed by atoms with Crippen LogP contribution in [0.15, 0.2) is 35.2 Å². The van der Waals surface area contributed by atoms with Gasteiger partial charge in [0.15, 0.2) is 9.84 Å². The highest BCUT2D eigenvalue weighted by atomic mass is 32.2. The molecule has 1 unspecified atom stereocenters. The molecule has 4 rings (SSSR count). The van der Waals surface area contributed by atoms with Crippen molar-refractivity contribution in [1.29, 1.82) is 0 Å². The molecule has 2 aliphatic carbocycles. The van der Waals surface area contributed by atoms with E-state index in [0.29, 0.717) is 12.0 Å². The number of allylic oxidation sites excluding steroid dienone is 2. The maximum atomic E-state index is 13.0. The number of rotatable bonds is 7. The van der Waals surface area contributed by atoms with Gasteiger partial charge in [0.05, 0.1) is 17.3 Å². The lowest BCUT2D eigenvalue weighted by Gasteiger charge is -2.22. The Hall–Kier alpha value is -1.61. The van der Waals surface area contributed by atoms with Gasteiger partial charge in [-0.2, -0.15) is 4.31 Å². The van der Waals surface area contributed by atoms with Crippen LogP contribution in [-0.4, -0.2) is 35.5 Å². The highest BCUT2D eigenvalue weighted by Gasteiger charge is 2.33. The lowest BCUT2D eigenvalue weighted by molar-refractivity contribution is 0.185. The Labute approximate surface area is 172 Å². The molecule has 9 nitrogen and oxygen atoms in total. The fourth-order valence-corrected chi connectivity index (χ4v) is 6.83. The van der Waals surface area contributed by atoms with E-state index in [9.17, 15) is 22.4 Å². The maximum absolute atomic E-state index is 13.0. The summed E-state index contributed by atoms with van der Waals surface area (Å²) in [5.41, 5.74) is 3.48. The third kappa shape index (κ3) is 4.23. The Morgan fingerprint density at radius 3 is 2.27 bits per heavy atom. The first-order chi connectivity index (χ1) is 14.0. The molecule has 2 aromatic rings. The Morgan fingerprint density at radius 1 is 0.967 bits per heavy atom. The second-order valence-corrected chi connectivity index (χ2v) is 11.8. The van der Waals surface area contributed by atoms with Crippen molar-refractivity contribution in [2.75, 3.05) is 12.4 Å². The minimum atomic E-state index is -5.28. The summed E-state index contributed by atoms with van der Waals surface area (Å²) in [5.74, 6) is -0.674. The summed E-state index contributed by atoms with van der Waals surface area (Å²) in [5, 5.41) is 1.91. The van der Waals surface area contributed by atoms with Crippen molar-refractivity contribution in [2.45, 2.75) is 17.7 Å². The highest BCUT2D eigenvalue weighted by molar-refractivity contribution is 7.91. The standard InChI is InChI=1S/C18H18O9P2S/c19-28(20,21)27-29(22,23)26-9-10-30(24,25)16-11-14-5-1-3-12-7-8-13-4-2-6-15(16)18(13)17(12)14/h1-2,5-8,11H,3-4,9-10H2,(H,22,23)(H2,19,20,21). The fraction of sp³-hybridized carbons (Fsp3) is 0.222. The van der Waals surface area contributed by atoms with Gasteiger partial charge in [-0.1, -0.05) is 36.4 Å². The third-order valence-electron chi connectivity index (χ3n) is 4.90. The molecule has 0 spiro atoms. The monoisotopic (exact) mass is 472 g/mol. The van der Waals surface area contributed by atoms with E-state index in [4.69, 9.17) is 9.79 Å². The molecule has 12 heteroatoms. The summed E-state index contributed by atoms with van der Waals surface area (Å²) in [4.78, 5) is 26.6. The minimum absolute atomic E-state index is 0.0678. The van der Waals surface area contributed by atoms with Crippen molar-refractivity contribution in [3.8, 4) is 0 Å². The van der Waals surface area contributed by atoms with Crippen LogP contribution >= 0.6 is 15.6 Å². The van der Waals surface area contributed by atoms with Crippen LogP contribution in [0.2, 0.25) is 0 Å². The second-order valence-electron chi connectivity index (χ2n) is 6.92. The molecule has 0 amide bonds. The molecule has 3 N–H and O–H groups in total. The molecule has 0 radical (unpaired) electrons. The van der Waals surface area contributed by atoms with E-state index in [-0.39, 0.29) is 4.90 Å². The topological polar surface area (TPSA) is 147 Å². The van der Waals surface area contributed by atoms with Crippen LogP contribution in [0, 0.1) is 0 Å². The van der Waals surface area contributed by atoms with E-state index >= 15 is 0 Å². The molecule has 0 aliphatic heterocycles. The number of sulfone groups is 1. The fourth-order valence-electron chi connectivity index (χ4n) is 3.78. The van der Waals surface area contributed by atoms with Gasteiger partial charge in [0.2, 0.25) is 0 Å². The van der Waals surface area contributed by atoms with E-state index < -0.39 is 37.8 Å². The van der Waals surface area contributed by atoms with Crippen molar-refractivity contribution < 1.29 is 41.1 Å². The van der Waals surface area contributed by atoms with E-state index in [0.717, 1.165) is 33.9 Å². The number of hydrogen-bond acceptors (Lipinski definition) is 6. The van der Waals surface area contributed by atoms with Crippen LogP contribution in [0.25, 0.3) is 22.9 Å². The molecule has 0 bridgehead atoms. The average molecular weight is 472 g/mol. The van der Waals surface area contributed by atoms with Gasteiger partial charge >= 0.3 is 15.6 Å². The van der Waals surface area contributed by atoms with E-state index in [1.165, 1.54) is 0 Å². The van der Waals surface area contributed by atoms with Crippen LogP contribution < -0.4 is 0 Å². The third-order valence-corrected chi connectivity index (χ3v) is 8.79. The number of benzene rings is 2. The van der Waals surface area contributed by atoms with Crippen molar-refractivity contribution in [3.63, 3.8) is 0 Å². The first kappa shape index (κ1) is 21.6. The first-order valence-corrected chi connectivity index (χ1v) is 13.6. The number of phosphoric acid groups is 2. The lowest BCUT2D eigenvalue weighted by atomic mass is 9.85. The van der Waals surface area contributed by atoms with Crippen LogP contribution in [0.4, 0.5) is 0 Å². The predicted molar refractivity (Wildman–Crippen MR) is 110 cm³/mol. The van der Waals surface area contributed by atoms with Gasteiger partial charge in [-0.3, -0.25) is 4.52 Å². The number of hydrogen-bond donors (Lipinski definition) is 3. The van der Waals surface area contributed by atoms with Gasteiger partial charge < -0.3 is 14.7 Å². The minimum Gasteiger partial charge on any atom is -0.302 e. The summed E-state index contributed by atoms with van der Waals surface area (Å²) in [7, 11) is -14.3. The van der Waals surface area contributed by atoms with Gasteiger partial charge in [0, 0.05) is 5.56 Å². The van der Waals surface area contributed by atoms with E-state index in [2.05, 4.69) is 14.9 Å².